The summed E-state index contributed by atoms with van der Waals surface area (Å²) in [5.74, 6) is -1.57. The average molecular weight is 451 g/mol. The first-order chi connectivity index (χ1) is 12.3. The van der Waals surface area contributed by atoms with Crippen molar-refractivity contribution >= 4 is 29.0 Å². The first-order valence-electron chi connectivity index (χ1n) is 8.66. The predicted octanol–water partition coefficient (Wildman–Crippen LogP) is 5.14. The fourth-order valence-electron chi connectivity index (χ4n) is 2.90. The third kappa shape index (κ3) is 4.87. The van der Waals surface area contributed by atoms with Crippen molar-refractivity contribution < 1.29 is 32.0 Å². The number of carbonyl (C=O) groups excluding carboxylic acids is 1. The molecule has 1 aromatic rings. The highest BCUT2D eigenvalue weighted by molar-refractivity contribution is 9.10. The lowest BCUT2D eigenvalue weighted by Gasteiger charge is -2.32. The summed E-state index contributed by atoms with van der Waals surface area (Å²) in [7, 11) is -1.01. The van der Waals surface area contributed by atoms with Crippen LogP contribution in [0, 0.1) is 0 Å². The van der Waals surface area contributed by atoms with Crippen LogP contribution in [-0.4, -0.2) is 30.9 Å². The molecule has 1 unspecified atom stereocenters. The molecule has 1 aromatic carbocycles. The second-order valence-electron chi connectivity index (χ2n) is 7.47. The summed E-state index contributed by atoms with van der Waals surface area (Å²) in [5, 5.41) is 0. The van der Waals surface area contributed by atoms with Crippen LogP contribution in [0.3, 0.4) is 0 Å². The first kappa shape index (κ1) is 22.2. The molecule has 1 atom stereocenters. The summed E-state index contributed by atoms with van der Waals surface area (Å²) < 4.78 is 58.1. The summed E-state index contributed by atoms with van der Waals surface area (Å²) in [6.07, 6.45) is -4.87. The number of rotatable bonds is 5. The first-order valence-corrected chi connectivity index (χ1v) is 9.45. The molecule has 2 rings (SSSR count). The molecule has 0 radical (unpaired) electrons. The highest BCUT2D eigenvalue weighted by Crippen LogP contribution is 2.45. The van der Waals surface area contributed by atoms with Crippen LogP contribution >= 0.6 is 15.9 Å². The van der Waals surface area contributed by atoms with E-state index in [9.17, 15) is 18.0 Å². The zero-order chi connectivity index (χ0) is 20.6. The second-order valence-corrected chi connectivity index (χ2v) is 8.39. The zero-order valence-electron chi connectivity index (χ0n) is 15.9. The fourth-order valence-corrected chi connectivity index (χ4v) is 3.26. The fraction of sp³-hybridized carbons (Fsp3) is 0.611. The van der Waals surface area contributed by atoms with E-state index in [-0.39, 0.29) is 18.6 Å². The molecule has 1 saturated heterocycles. The lowest BCUT2D eigenvalue weighted by Crippen LogP contribution is -2.41. The molecule has 150 valence electrons. The number of halogens is 4. The molecule has 0 aromatic heterocycles. The van der Waals surface area contributed by atoms with Gasteiger partial charge < -0.3 is 14.0 Å². The molecule has 1 heterocycles. The Kier molecular flexibility index (Phi) is 6.39. The number of hydrogen-bond donors (Lipinski definition) is 0. The molecule has 27 heavy (non-hydrogen) atoms. The molecule has 1 fully saturated rings. The minimum Gasteiger partial charge on any atom is -0.466 e. The van der Waals surface area contributed by atoms with Crippen molar-refractivity contribution in [3.8, 4) is 0 Å². The summed E-state index contributed by atoms with van der Waals surface area (Å²) >= 11 is 3.08. The molecular weight excluding hydrogens is 428 g/mol. The maximum Gasteiger partial charge on any atom is 0.466 e. The number of carbonyl (C=O) groups is 1. The smallest absolute Gasteiger partial charge is 0.466 e. The van der Waals surface area contributed by atoms with Gasteiger partial charge in [0.15, 0.2) is 0 Å². The van der Waals surface area contributed by atoms with Gasteiger partial charge in [-0.3, -0.25) is 4.79 Å². The average Bonchev–Trinajstić information content (AvgIpc) is 2.72. The van der Waals surface area contributed by atoms with E-state index in [2.05, 4.69) is 15.9 Å². The topological polar surface area (TPSA) is 44.8 Å². The van der Waals surface area contributed by atoms with Gasteiger partial charge in [0, 0.05) is 10.3 Å². The van der Waals surface area contributed by atoms with Crippen molar-refractivity contribution in [1.82, 2.24) is 0 Å². The molecule has 0 aliphatic carbocycles. The quantitative estimate of drug-likeness (QED) is 0.460. The Hall–Kier alpha value is -1.06. The molecule has 0 amide bonds. The molecule has 0 bridgehead atoms. The van der Waals surface area contributed by atoms with Gasteiger partial charge in [0.1, 0.15) is 0 Å². The Balaban J connectivity index is 2.51. The van der Waals surface area contributed by atoms with Gasteiger partial charge in [-0.1, -0.05) is 22.0 Å². The number of benzene rings is 1. The standard InChI is InChI=1S/C18H23BBrF3O4/c1-6-25-15(24)10-14(19-26-16(2,3)17(4,5)27-19)12-8-7-11(20)9-13(12)18(21,22)23/h7-9,14H,6,10H2,1-5H3. The van der Waals surface area contributed by atoms with E-state index in [1.54, 1.807) is 34.6 Å². The van der Waals surface area contributed by atoms with Crippen molar-refractivity contribution in [3.63, 3.8) is 0 Å². The third-order valence-electron chi connectivity index (χ3n) is 5.01. The van der Waals surface area contributed by atoms with E-state index in [1.807, 2.05) is 0 Å². The van der Waals surface area contributed by atoms with Gasteiger partial charge >= 0.3 is 19.3 Å². The van der Waals surface area contributed by atoms with E-state index < -0.39 is 41.8 Å². The van der Waals surface area contributed by atoms with E-state index in [0.717, 1.165) is 6.07 Å². The van der Waals surface area contributed by atoms with Gasteiger partial charge in [-0.15, -0.1) is 0 Å². The van der Waals surface area contributed by atoms with Gasteiger partial charge in [-0.05, 0) is 52.3 Å². The molecule has 1 aliphatic rings. The van der Waals surface area contributed by atoms with Crippen LogP contribution < -0.4 is 0 Å². The Morgan fingerprint density at radius 2 is 1.78 bits per heavy atom. The van der Waals surface area contributed by atoms with E-state index >= 15 is 0 Å². The molecule has 0 saturated carbocycles. The van der Waals surface area contributed by atoms with Crippen LogP contribution in [0.15, 0.2) is 22.7 Å². The summed E-state index contributed by atoms with van der Waals surface area (Å²) in [6, 6.07) is 3.86. The Bertz CT molecular complexity index is 690. The van der Waals surface area contributed by atoms with Gasteiger partial charge in [0.25, 0.3) is 0 Å². The van der Waals surface area contributed by atoms with Gasteiger partial charge in [0.2, 0.25) is 0 Å². The number of ether oxygens (including phenoxy) is 1. The van der Waals surface area contributed by atoms with Crippen LogP contribution in [-0.2, 0) is 25.0 Å². The Morgan fingerprint density at radius 3 is 2.26 bits per heavy atom. The van der Waals surface area contributed by atoms with Crippen molar-refractivity contribution in [2.24, 2.45) is 0 Å². The number of alkyl halides is 3. The molecule has 0 spiro atoms. The SMILES string of the molecule is CCOC(=O)CC(B1OC(C)(C)C(C)(C)O1)c1ccc(Br)cc1C(F)(F)F. The van der Waals surface area contributed by atoms with Crippen molar-refractivity contribution in [2.45, 2.75) is 64.2 Å². The summed E-state index contributed by atoms with van der Waals surface area (Å²) in [5.41, 5.74) is -2.37. The van der Waals surface area contributed by atoms with Gasteiger partial charge in [0.05, 0.1) is 29.8 Å². The lowest BCUT2D eigenvalue weighted by atomic mass is 9.65. The minimum atomic E-state index is -4.59. The molecule has 0 N–H and O–H groups in total. The monoisotopic (exact) mass is 450 g/mol. The third-order valence-corrected chi connectivity index (χ3v) is 5.51. The summed E-state index contributed by atoms with van der Waals surface area (Å²) in [4.78, 5) is 12.1. The number of esters is 1. The van der Waals surface area contributed by atoms with Crippen LogP contribution in [0.25, 0.3) is 0 Å². The van der Waals surface area contributed by atoms with Crippen LogP contribution in [0.4, 0.5) is 13.2 Å². The van der Waals surface area contributed by atoms with Gasteiger partial charge in [-0.25, -0.2) is 0 Å². The lowest BCUT2D eigenvalue weighted by molar-refractivity contribution is -0.144. The maximum absolute atomic E-state index is 13.6. The van der Waals surface area contributed by atoms with Crippen LogP contribution in [0.2, 0.25) is 0 Å². The van der Waals surface area contributed by atoms with Crippen molar-refractivity contribution in [1.29, 1.82) is 0 Å². The van der Waals surface area contributed by atoms with E-state index in [0.29, 0.717) is 4.47 Å². The molecule has 9 heteroatoms. The molecule has 1 aliphatic heterocycles. The minimum absolute atomic E-state index is 0.0581. The largest absolute Gasteiger partial charge is 0.466 e. The van der Waals surface area contributed by atoms with Crippen molar-refractivity contribution in [2.75, 3.05) is 6.61 Å². The van der Waals surface area contributed by atoms with E-state index in [4.69, 9.17) is 14.0 Å². The van der Waals surface area contributed by atoms with Gasteiger partial charge in [-0.2, -0.15) is 13.2 Å². The predicted molar refractivity (Wildman–Crippen MR) is 99.2 cm³/mol. The highest BCUT2D eigenvalue weighted by Gasteiger charge is 2.55. The molecular formula is C18H23BBrF3O4. The van der Waals surface area contributed by atoms with Crippen LogP contribution in [0.1, 0.15) is 58.0 Å². The highest BCUT2D eigenvalue weighted by atomic mass is 79.9. The van der Waals surface area contributed by atoms with E-state index in [1.165, 1.54) is 12.1 Å². The van der Waals surface area contributed by atoms with Crippen LogP contribution in [0.5, 0.6) is 0 Å². The normalized spacial score (nSPS) is 19.8. The molecule has 4 nitrogen and oxygen atoms in total. The Labute approximate surface area is 166 Å². The van der Waals surface area contributed by atoms with Crippen molar-refractivity contribution in [3.05, 3.63) is 33.8 Å². The summed E-state index contributed by atoms with van der Waals surface area (Å²) in [6.45, 7) is 9.01. The second kappa shape index (κ2) is 7.76. The maximum atomic E-state index is 13.6. The Morgan fingerprint density at radius 1 is 1.22 bits per heavy atom. The zero-order valence-corrected chi connectivity index (χ0v) is 17.5. The number of hydrogen-bond acceptors (Lipinski definition) is 4.